The molecular formula is C16H25FN2O3. The Morgan fingerprint density at radius 1 is 1.45 bits per heavy atom. The van der Waals surface area contributed by atoms with Crippen LogP contribution in [-0.2, 0) is 9.47 Å². The molecule has 0 spiro atoms. The summed E-state index contributed by atoms with van der Waals surface area (Å²) in [5.74, 6) is 0.959. The van der Waals surface area contributed by atoms with E-state index in [2.05, 4.69) is 18.9 Å². The van der Waals surface area contributed by atoms with E-state index in [4.69, 9.17) is 14.2 Å². The molecule has 1 aromatic heterocycles. The average Bonchev–Trinajstić information content (AvgIpc) is 2.82. The predicted octanol–water partition coefficient (Wildman–Crippen LogP) is 3.78. The van der Waals surface area contributed by atoms with Crippen molar-refractivity contribution in [1.29, 1.82) is 0 Å². The predicted molar refractivity (Wildman–Crippen MR) is 82.0 cm³/mol. The smallest absolute Gasteiger partial charge is 0.224 e. The zero-order valence-corrected chi connectivity index (χ0v) is 13.9. The topological polar surface area (TPSA) is 45.5 Å². The van der Waals surface area contributed by atoms with Gasteiger partial charge in [-0.15, -0.1) is 0 Å². The van der Waals surface area contributed by atoms with Gasteiger partial charge >= 0.3 is 0 Å². The van der Waals surface area contributed by atoms with Crippen molar-refractivity contribution in [2.24, 2.45) is 11.3 Å². The lowest BCUT2D eigenvalue weighted by Gasteiger charge is -2.33. The fraction of sp³-hybridized carbons (Fsp3) is 0.688. The number of hydrogen-bond donors (Lipinski definition) is 0. The van der Waals surface area contributed by atoms with E-state index in [1.165, 1.54) is 0 Å². The van der Waals surface area contributed by atoms with E-state index in [1.807, 2.05) is 20.8 Å². The maximum absolute atomic E-state index is 12.9. The Labute approximate surface area is 131 Å². The van der Waals surface area contributed by atoms with Crippen LogP contribution >= 0.6 is 0 Å². The second-order valence-electron chi connectivity index (χ2n) is 6.66. The molecule has 0 unspecified atom stereocenters. The number of hydrogen-bond acceptors (Lipinski definition) is 4. The highest BCUT2D eigenvalue weighted by Crippen LogP contribution is 2.37. The number of alkyl halides is 1. The fourth-order valence-electron chi connectivity index (χ4n) is 1.85. The van der Waals surface area contributed by atoms with Crippen LogP contribution in [0.3, 0.4) is 0 Å². The van der Waals surface area contributed by atoms with Crippen molar-refractivity contribution in [3.63, 3.8) is 0 Å². The minimum atomic E-state index is -0.542. The summed E-state index contributed by atoms with van der Waals surface area (Å²) in [5, 5.41) is 4.28. The van der Waals surface area contributed by atoms with Crippen molar-refractivity contribution in [1.82, 2.24) is 9.78 Å². The first-order valence-corrected chi connectivity index (χ1v) is 7.59. The van der Waals surface area contributed by atoms with Crippen LogP contribution in [0.1, 0.15) is 46.5 Å². The monoisotopic (exact) mass is 312 g/mol. The van der Waals surface area contributed by atoms with Gasteiger partial charge < -0.3 is 14.2 Å². The van der Waals surface area contributed by atoms with Gasteiger partial charge in [0, 0.05) is 11.6 Å². The van der Waals surface area contributed by atoms with Gasteiger partial charge in [-0.3, -0.25) is 4.39 Å². The van der Waals surface area contributed by atoms with Gasteiger partial charge in [0.15, 0.2) is 12.6 Å². The molecule has 0 amide bonds. The van der Waals surface area contributed by atoms with Gasteiger partial charge in [0.1, 0.15) is 0 Å². The summed E-state index contributed by atoms with van der Waals surface area (Å²) in [6.45, 7) is 9.74. The number of rotatable bonds is 7. The number of allylic oxidation sites excluding steroid dienone is 1. The molecule has 124 valence electrons. The quantitative estimate of drug-likeness (QED) is 0.769. The molecule has 1 aliphatic rings. The highest BCUT2D eigenvalue weighted by Gasteiger charge is 2.33. The first kappa shape index (κ1) is 17.0. The standard InChI is InChI=1S/C16H25FN2O3/c1-11(2)9-20-14-13(15-21-12(3)22-15)8-18-19(14)7-6-16(4,5)10-17/h6-8,11-12,15H,9-10H2,1-5H3/b7-6+. The van der Waals surface area contributed by atoms with Gasteiger partial charge in [0.05, 0.1) is 25.0 Å². The van der Waals surface area contributed by atoms with E-state index in [1.54, 1.807) is 23.2 Å². The van der Waals surface area contributed by atoms with Crippen LogP contribution in [0.5, 0.6) is 5.88 Å². The van der Waals surface area contributed by atoms with Crippen LogP contribution in [-0.4, -0.2) is 29.4 Å². The Morgan fingerprint density at radius 2 is 2.14 bits per heavy atom. The molecule has 0 bridgehead atoms. The van der Waals surface area contributed by atoms with Crippen molar-refractivity contribution in [2.45, 2.75) is 47.2 Å². The van der Waals surface area contributed by atoms with Crippen molar-refractivity contribution >= 4 is 6.20 Å². The number of aromatic nitrogens is 2. The van der Waals surface area contributed by atoms with Crippen LogP contribution in [0.2, 0.25) is 0 Å². The van der Waals surface area contributed by atoms with Gasteiger partial charge in [0.25, 0.3) is 0 Å². The summed E-state index contributed by atoms with van der Waals surface area (Å²) in [6, 6.07) is 0. The van der Waals surface area contributed by atoms with E-state index < -0.39 is 18.4 Å². The summed E-state index contributed by atoms with van der Waals surface area (Å²) < 4.78 is 31.4. The molecule has 5 nitrogen and oxygen atoms in total. The van der Waals surface area contributed by atoms with E-state index in [-0.39, 0.29) is 6.29 Å². The van der Waals surface area contributed by atoms with Crippen LogP contribution in [0.15, 0.2) is 12.3 Å². The van der Waals surface area contributed by atoms with Gasteiger partial charge in [-0.25, -0.2) is 4.68 Å². The molecule has 22 heavy (non-hydrogen) atoms. The molecule has 0 aliphatic carbocycles. The third-order valence-corrected chi connectivity index (χ3v) is 3.23. The molecular weight excluding hydrogens is 287 g/mol. The maximum Gasteiger partial charge on any atom is 0.224 e. The lowest BCUT2D eigenvalue weighted by atomic mass is 9.96. The SMILES string of the molecule is CC(C)COc1c(C2OC(C)O2)cnn1/C=C/C(C)(C)CF. The second-order valence-corrected chi connectivity index (χ2v) is 6.66. The fourth-order valence-corrected chi connectivity index (χ4v) is 1.85. The third kappa shape index (κ3) is 4.08. The Balaban J connectivity index is 2.21. The lowest BCUT2D eigenvalue weighted by molar-refractivity contribution is -0.382. The molecule has 6 heteroatoms. The largest absolute Gasteiger partial charge is 0.477 e. The Kier molecular flexibility index (Phi) is 5.24. The van der Waals surface area contributed by atoms with E-state index in [9.17, 15) is 4.39 Å². The van der Waals surface area contributed by atoms with E-state index >= 15 is 0 Å². The molecule has 1 aliphatic heterocycles. The molecule has 0 saturated carbocycles. The van der Waals surface area contributed by atoms with Crippen LogP contribution in [0.4, 0.5) is 4.39 Å². The molecule has 2 rings (SSSR count). The first-order valence-electron chi connectivity index (χ1n) is 7.59. The Bertz CT molecular complexity index is 519. The zero-order chi connectivity index (χ0) is 16.3. The number of ether oxygens (including phenoxy) is 3. The second kappa shape index (κ2) is 6.79. The Morgan fingerprint density at radius 3 is 2.68 bits per heavy atom. The molecule has 1 fully saturated rings. The molecule has 0 atom stereocenters. The van der Waals surface area contributed by atoms with Crippen LogP contribution < -0.4 is 4.74 Å². The number of halogens is 1. The van der Waals surface area contributed by atoms with Crippen molar-refractivity contribution in [3.05, 3.63) is 17.8 Å². The minimum Gasteiger partial charge on any atom is -0.477 e. The normalized spacial score (nSPS) is 22.3. The van der Waals surface area contributed by atoms with Crippen LogP contribution in [0.25, 0.3) is 6.20 Å². The summed E-state index contributed by atoms with van der Waals surface area (Å²) in [4.78, 5) is 0. The van der Waals surface area contributed by atoms with Gasteiger partial charge in [-0.1, -0.05) is 33.8 Å². The highest BCUT2D eigenvalue weighted by atomic mass is 19.1. The summed E-state index contributed by atoms with van der Waals surface area (Å²) in [7, 11) is 0. The number of nitrogens with zero attached hydrogens (tertiary/aromatic N) is 2. The molecule has 0 radical (unpaired) electrons. The van der Waals surface area contributed by atoms with Crippen LogP contribution in [0, 0.1) is 11.3 Å². The summed E-state index contributed by atoms with van der Waals surface area (Å²) in [6.07, 6.45) is 4.50. The zero-order valence-electron chi connectivity index (χ0n) is 13.9. The summed E-state index contributed by atoms with van der Waals surface area (Å²) in [5.41, 5.74) is 0.209. The first-order chi connectivity index (χ1) is 10.3. The molecule has 1 aromatic rings. The highest BCUT2D eigenvalue weighted by molar-refractivity contribution is 5.36. The van der Waals surface area contributed by atoms with Gasteiger partial charge in [0.2, 0.25) is 5.88 Å². The maximum atomic E-state index is 12.9. The summed E-state index contributed by atoms with van der Waals surface area (Å²) >= 11 is 0. The van der Waals surface area contributed by atoms with E-state index in [0.717, 1.165) is 5.56 Å². The minimum absolute atomic E-state index is 0.215. The Hall–Kier alpha value is -1.40. The van der Waals surface area contributed by atoms with E-state index in [0.29, 0.717) is 18.4 Å². The van der Waals surface area contributed by atoms with Crippen molar-refractivity contribution in [3.8, 4) is 5.88 Å². The average molecular weight is 312 g/mol. The lowest BCUT2D eigenvalue weighted by Crippen LogP contribution is -2.31. The third-order valence-electron chi connectivity index (χ3n) is 3.23. The van der Waals surface area contributed by atoms with Crippen molar-refractivity contribution < 1.29 is 18.6 Å². The van der Waals surface area contributed by atoms with Crippen molar-refractivity contribution in [2.75, 3.05) is 13.3 Å². The molecule has 1 saturated heterocycles. The van der Waals surface area contributed by atoms with Gasteiger partial charge in [-0.2, -0.15) is 5.10 Å². The molecule has 0 aromatic carbocycles. The molecule has 2 heterocycles. The molecule has 0 N–H and O–H groups in total. The van der Waals surface area contributed by atoms with Gasteiger partial charge in [-0.05, 0) is 12.8 Å².